The molecule has 0 saturated heterocycles. The fourth-order valence-corrected chi connectivity index (χ4v) is 7.72. The lowest BCUT2D eigenvalue weighted by molar-refractivity contribution is 0.356. The van der Waals surface area contributed by atoms with E-state index in [-0.39, 0.29) is 0 Å². The Labute approximate surface area is 127 Å². The smallest absolute Gasteiger partial charge is 0.211 e. The van der Waals surface area contributed by atoms with Crippen LogP contribution in [0, 0.1) is 0 Å². The molecule has 1 N–H and O–H groups in total. The minimum Gasteiger partial charge on any atom is -0.326 e. The Bertz CT molecular complexity index is 318. The van der Waals surface area contributed by atoms with Crippen molar-refractivity contribution in [3.63, 3.8) is 0 Å². The van der Waals surface area contributed by atoms with Gasteiger partial charge >= 0.3 is 0 Å². The van der Waals surface area contributed by atoms with Gasteiger partial charge in [-0.05, 0) is 31.1 Å². The number of aliphatic imine (C=N–C) groups is 1. The summed E-state index contributed by atoms with van der Waals surface area (Å²) in [5.74, 6) is 0. The molecular formula is C13H27N2OPS2. The van der Waals surface area contributed by atoms with Crippen molar-refractivity contribution in [2.45, 2.75) is 70.6 Å². The molecule has 1 atom stereocenters. The molecule has 0 aromatic heterocycles. The zero-order chi connectivity index (χ0) is 14.1. The first-order chi connectivity index (χ1) is 9.06. The van der Waals surface area contributed by atoms with Gasteiger partial charge in [0.05, 0.1) is 19.0 Å². The molecule has 0 aliphatic heterocycles. The fraction of sp³-hybridized carbons (Fsp3) is 0.923. The van der Waals surface area contributed by atoms with Crippen molar-refractivity contribution in [2.24, 2.45) is 4.99 Å². The lowest BCUT2D eigenvalue weighted by Gasteiger charge is -2.23. The molecule has 112 valence electrons. The van der Waals surface area contributed by atoms with E-state index in [1.54, 1.807) is 11.4 Å². The molecule has 0 heterocycles. The summed E-state index contributed by atoms with van der Waals surface area (Å²) in [6.07, 6.45) is 9.23. The van der Waals surface area contributed by atoms with Gasteiger partial charge in [-0.25, -0.2) is 0 Å². The molecule has 1 aliphatic rings. The van der Waals surface area contributed by atoms with Gasteiger partial charge < -0.3 is 9.61 Å². The minimum absolute atomic E-state index is 0.471. The minimum atomic E-state index is -2.01. The predicted octanol–water partition coefficient (Wildman–Crippen LogP) is 4.73. The lowest BCUT2D eigenvalue weighted by atomic mass is 9.96. The van der Waals surface area contributed by atoms with Gasteiger partial charge in [0.25, 0.3) is 0 Å². The van der Waals surface area contributed by atoms with Crippen LogP contribution >= 0.6 is 17.0 Å². The summed E-state index contributed by atoms with van der Waals surface area (Å²) >= 11 is 7.39. The molecule has 0 aromatic rings. The number of nitrogens with one attached hydrogen (secondary N) is 1. The summed E-state index contributed by atoms with van der Waals surface area (Å²) in [7, 11) is 0. The lowest BCUT2D eigenvalue weighted by Crippen LogP contribution is -2.15. The van der Waals surface area contributed by atoms with Gasteiger partial charge in [-0.1, -0.05) is 51.4 Å². The van der Waals surface area contributed by atoms with E-state index in [1.807, 2.05) is 6.34 Å². The van der Waals surface area contributed by atoms with E-state index in [2.05, 4.69) is 30.9 Å². The van der Waals surface area contributed by atoms with E-state index in [4.69, 9.17) is 16.3 Å². The quantitative estimate of drug-likeness (QED) is 0.398. The summed E-state index contributed by atoms with van der Waals surface area (Å²) < 4.78 is 5.87. The fourth-order valence-electron chi connectivity index (χ4n) is 2.03. The molecule has 1 fully saturated rings. The first kappa shape index (κ1) is 17.5. The van der Waals surface area contributed by atoms with Gasteiger partial charge in [0, 0.05) is 5.25 Å². The Hall–Kier alpha value is 0.430. The topological polar surface area (TPSA) is 33.6 Å². The summed E-state index contributed by atoms with van der Waals surface area (Å²) in [6.45, 7) is 7.14. The average molecular weight is 322 g/mol. The van der Waals surface area contributed by atoms with Crippen molar-refractivity contribution in [1.82, 2.24) is 5.09 Å². The van der Waals surface area contributed by atoms with E-state index in [0.717, 1.165) is 13.0 Å². The molecular weight excluding hydrogens is 295 g/mol. The zero-order valence-electron chi connectivity index (χ0n) is 12.3. The monoisotopic (exact) mass is 322 g/mol. The molecule has 1 aliphatic carbocycles. The summed E-state index contributed by atoms with van der Waals surface area (Å²) in [5, 5.41) is 3.76. The second kappa shape index (κ2) is 9.38. The molecule has 0 aromatic carbocycles. The van der Waals surface area contributed by atoms with E-state index in [9.17, 15) is 0 Å². The largest absolute Gasteiger partial charge is 0.326 e. The first-order valence-electron chi connectivity index (χ1n) is 7.28. The van der Waals surface area contributed by atoms with Gasteiger partial charge in [-0.15, -0.1) is 0 Å². The zero-order valence-corrected chi connectivity index (χ0v) is 14.8. The van der Waals surface area contributed by atoms with E-state index < -0.39 is 5.62 Å². The number of rotatable bonds is 8. The molecule has 0 amide bonds. The Balaban J connectivity index is 2.46. The van der Waals surface area contributed by atoms with Crippen LogP contribution in [0.3, 0.4) is 0 Å². The normalized spacial score (nSPS) is 20.8. The van der Waals surface area contributed by atoms with Crippen molar-refractivity contribution in [3.8, 4) is 0 Å². The average Bonchev–Trinajstić information content (AvgIpc) is 2.37. The molecule has 1 unspecified atom stereocenters. The molecule has 3 nitrogen and oxygen atoms in total. The highest BCUT2D eigenvalue weighted by molar-refractivity contribution is 8.69. The van der Waals surface area contributed by atoms with Gasteiger partial charge in [-0.2, -0.15) is 0 Å². The second-order valence-corrected chi connectivity index (χ2v) is 12.3. The molecule has 0 bridgehead atoms. The van der Waals surface area contributed by atoms with E-state index in [1.165, 1.54) is 32.1 Å². The molecule has 1 rings (SSSR count). The highest BCUT2D eigenvalue weighted by Gasteiger charge is 2.19. The maximum absolute atomic E-state index is 5.87. The van der Waals surface area contributed by atoms with Gasteiger partial charge in [0.2, 0.25) is 5.62 Å². The van der Waals surface area contributed by atoms with Crippen molar-refractivity contribution in [1.29, 1.82) is 0 Å². The van der Waals surface area contributed by atoms with Crippen LogP contribution < -0.4 is 5.09 Å². The SMILES string of the molecule is CCCOP(=S)(NC=NC1CCCCC1)SC(C)C. The maximum Gasteiger partial charge on any atom is 0.211 e. The van der Waals surface area contributed by atoms with Crippen LogP contribution in [-0.2, 0) is 16.3 Å². The Morgan fingerprint density at radius 2 is 2.11 bits per heavy atom. The van der Waals surface area contributed by atoms with Crippen molar-refractivity contribution < 1.29 is 4.52 Å². The van der Waals surface area contributed by atoms with Crippen LogP contribution in [-0.4, -0.2) is 24.2 Å². The van der Waals surface area contributed by atoms with E-state index in [0.29, 0.717) is 11.3 Å². The van der Waals surface area contributed by atoms with Crippen LogP contribution in [0.1, 0.15) is 59.3 Å². The van der Waals surface area contributed by atoms with Gasteiger partial charge in [-0.3, -0.25) is 4.99 Å². The molecule has 19 heavy (non-hydrogen) atoms. The Morgan fingerprint density at radius 1 is 1.42 bits per heavy atom. The van der Waals surface area contributed by atoms with E-state index >= 15 is 0 Å². The predicted molar refractivity (Wildman–Crippen MR) is 91.8 cm³/mol. The molecule has 0 radical (unpaired) electrons. The van der Waals surface area contributed by atoms with Crippen LogP contribution in [0.2, 0.25) is 0 Å². The van der Waals surface area contributed by atoms with Gasteiger partial charge in [0.1, 0.15) is 0 Å². The highest BCUT2D eigenvalue weighted by Crippen LogP contribution is 2.57. The number of nitrogens with zero attached hydrogens (tertiary/aromatic N) is 1. The molecule has 0 spiro atoms. The number of hydrogen-bond donors (Lipinski definition) is 1. The van der Waals surface area contributed by atoms with Crippen LogP contribution in [0.25, 0.3) is 0 Å². The highest BCUT2D eigenvalue weighted by atomic mass is 32.9. The second-order valence-electron chi connectivity index (χ2n) is 5.18. The maximum atomic E-state index is 5.87. The Morgan fingerprint density at radius 3 is 2.68 bits per heavy atom. The third-order valence-corrected chi connectivity index (χ3v) is 8.68. The van der Waals surface area contributed by atoms with Crippen LogP contribution in [0.5, 0.6) is 0 Å². The standard InChI is InChI=1S/C13H27N2OPS2/c1-4-10-16-17(18,19-12(2)3)15-11-14-13-8-6-5-7-9-13/h11-13H,4-10H2,1-3H3,(H,14,15,18). The molecule has 1 saturated carbocycles. The van der Waals surface area contributed by atoms with Crippen LogP contribution in [0.4, 0.5) is 0 Å². The third kappa shape index (κ3) is 7.69. The Kier molecular flexibility index (Phi) is 8.63. The third-order valence-electron chi connectivity index (χ3n) is 2.89. The van der Waals surface area contributed by atoms with Crippen molar-refractivity contribution >= 4 is 35.1 Å². The summed E-state index contributed by atoms with van der Waals surface area (Å²) in [4.78, 5) is 4.62. The number of hydrogen-bond acceptors (Lipinski definition) is 4. The molecule has 6 heteroatoms. The van der Waals surface area contributed by atoms with Gasteiger partial charge in [0.15, 0.2) is 0 Å². The van der Waals surface area contributed by atoms with Crippen molar-refractivity contribution in [3.05, 3.63) is 0 Å². The first-order valence-corrected chi connectivity index (χ1v) is 11.5. The summed E-state index contributed by atoms with van der Waals surface area (Å²) in [6, 6.07) is 0.486. The van der Waals surface area contributed by atoms with Crippen molar-refractivity contribution in [2.75, 3.05) is 6.61 Å². The van der Waals surface area contributed by atoms with Crippen LogP contribution in [0.15, 0.2) is 4.99 Å². The summed E-state index contributed by atoms with van der Waals surface area (Å²) in [5.41, 5.74) is -2.01.